The number of aryl methyl sites for hydroxylation is 1. The Bertz CT molecular complexity index is 1600. The predicted molar refractivity (Wildman–Crippen MR) is 148 cm³/mol. The molecule has 1 saturated heterocycles. The zero-order valence-corrected chi connectivity index (χ0v) is 21.3. The van der Waals surface area contributed by atoms with Crippen LogP contribution in [-0.4, -0.2) is 54.0 Å². The van der Waals surface area contributed by atoms with Crippen molar-refractivity contribution in [1.82, 2.24) is 29.0 Å². The van der Waals surface area contributed by atoms with E-state index in [4.69, 9.17) is 5.73 Å². The van der Waals surface area contributed by atoms with Gasteiger partial charge in [0.05, 0.1) is 28.7 Å². The SMILES string of the molecule is Cc1cn(-c2cc(CN3CCC[C@H](N)C3)cc(NC(=O)c3cc(-n4cnc5ccccc54)ccn3)c2)cn1. The van der Waals surface area contributed by atoms with E-state index in [1.54, 1.807) is 24.9 Å². The minimum absolute atomic E-state index is 0.202. The molecule has 1 fully saturated rings. The molecule has 0 bridgehead atoms. The van der Waals surface area contributed by atoms with Crippen molar-refractivity contribution in [3.63, 3.8) is 0 Å². The van der Waals surface area contributed by atoms with Crippen molar-refractivity contribution in [3.05, 3.63) is 96.6 Å². The molecular formula is C29H30N8O. The fraction of sp³-hybridized carbons (Fsp3) is 0.241. The molecule has 0 unspecified atom stereocenters. The molecule has 0 radical (unpaired) electrons. The number of nitrogens with one attached hydrogen (secondary N) is 1. The summed E-state index contributed by atoms with van der Waals surface area (Å²) in [5, 5.41) is 3.07. The van der Waals surface area contributed by atoms with E-state index < -0.39 is 0 Å². The Balaban J connectivity index is 1.29. The molecule has 6 rings (SSSR count). The molecule has 1 aliphatic heterocycles. The van der Waals surface area contributed by atoms with Gasteiger partial charge < -0.3 is 15.6 Å². The van der Waals surface area contributed by atoms with Crippen LogP contribution in [0.25, 0.3) is 22.4 Å². The van der Waals surface area contributed by atoms with Gasteiger partial charge in [0.1, 0.15) is 12.0 Å². The largest absolute Gasteiger partial charge is 0.327 e. The molecule has 38 heavy (non-hydrogen) atoms. The van der Waals surface area contributed by atoms with Gasteiger partial charge in [-0.25, -0.2) is 9.97 Å². The van der Waals surface area contributed by atoms with Crippen LogP contribution in [0.5, 0.6) is 0 Å². The minimum atomic E-state index is -0.277. The van der Waals surface area contributed by atoms with Crippen LogP contribution in [0.2, 0.25) is 0 Å². The van der Waals surface area contributed by atoms with Crippen LogP contribution in [-0.2, 0) is 6.54 Å². The second-order valence-electron chi connectivity index (χ2n) is 9.90. The van der Waals surface area contributed by atoms with Gasteiger partial charge in [-0.2, -0.15) is 0 Å². The molecule has 9 heteroatoms. The van der Waals surface area contributed by atoms with Gasteiger partial charge in [-0.15, -0.1) is 0 Å². The lowest BCUT2D eigenvalue weighted by Gasteiger charge is -2.30. The second-order valence-corrected chi connectivity index (χ2v) is 9.90. The molecule has 9 nitrogen and oxygen atoms in total. The molecule has 5 aromatic rings. The molecule has 0 spiro atoms. The molecule has 3 aromatic heterocycles. The summed E-state index contributed by atoms with van der Waals surface area (Å²) in [5.74, 6) is -0.277. The summed E-state index contributed by atoms with van der Waals surface area (Å²) >= 11 is 0. The number of nitrogens with two attached hydrogens (primary N) is 1. The normalized spacial score (nSPS) is 16.1. The Labute approximate surface area is 221 Å². The van der Waals surface area contributed by atoms with Crippen LogP contribution < -0.4 is 11.1 Å². The Morgan fingerprint density at radius 1 is 1.05 bits per heavy atom. The first-order valence-corrected chi connectivity index (χ1v) is 12.8. The molecule has 2 aromatic carbocycles. The molecule has 192 valence electrons. The quantitative estimate of drug-likeness (QED) is 0.359. The summed E-state index contributed by atoms with van der Waals surface area (Å²) < 4.78 is 3.93. The van der Waals surface area contributed by atoms with Gasteiger partial charge in [0, 0.05) is 42.9 Å². The Kier molecular flexibility index (Phi) is 6.45. The molecule has 1 atom stereocenters. The van der Waals surface area contributed by atoms with Gasteiger partial charge in [0.15, 0.2) is 0 Å². The fourth-order valence-electron chi connectivity index (χ4n) is 5.10. The van der Waals surface area contributed by atoms with Crippen LogP contribution in [0.4, 0.5) is 5.69 Å². The van der Waals surface area contributed by atoms with Crippen molar-refractivity contribution in [2.45, 2.75) is 32.4 Å². The van der Waals surface area contributed by atoms with Crippen LogP contribution in [0.15, 0.2) is 79.6 Å². The van der Waals surface area contributed by atoms with Crippen LogP contribution in [0.1, 0.15) is 34.6 Å². The average Bonchev–Trinajstić information content (AvgIpc) is 3.55. The summed E-state index contributed by atoms with van der Waals surface area (Å²) in [7, 11) is 0. The number of carbonyl (C=O) groups is 1. The highest BCUT2D eigenvalue weighted by Gasteiger charge is 2.18. The van der Waals surface area contributed by atoms with Crippen molar-refractivity contribution in [1.29, 1.82) is 0 Å². The number of likely N-dealkylation sites (tertiary alicyclic amines) is 1. The van der Waals surface area contributed by atoms with Gasteiger partial charge in [0.2, 0.25) is 0 Å². The number of piperidine rings is 1. The first-order valence-electron chi connectivity index (χ1n) is 12.8. The van der Waals surface area contributed by atoms with E-state index in [1.807, 2.05) is 64.7 Å². The number of pyridine rings is 1. The summed E-state index contributed by atoms with van der Waals surface area (Å²) in [4.78, 5) is 28.9. The third-order valence-electron chi connectivity index (χ3n) is 6.90. The summed E-state index contributed by atoms with van der Waals surface area (Å²) in [6.07, 6.45) is 9.33. The van der Waals surface area contributed by atoms with E-state index in [9.17, 15) is 4.79 Å². The molecule has 4 heterocycles. The Morgan fingerprint density at radius 3 is 2.79 bits per heavy atom. The first kappa shape index (κ1) is 24.0. The van der Waals surface area contributed by atoms with Gasteiger partial charge in [-0.1, -0.05) is 12.1 Å². The van der Waals surface area contributed by atoms with Crippen LogP contribution in [0.3, 0.4) is 0 Å². The molecule has 3 N–H and O–H groups in total. The smallest absolute Gasteiger partial charge is 0.274 e. The minimum Gasteiger partial charge on any atom is -0.327 e. The number of carbonyl (C=O) groups excluding carboxylic acids is 1. The lowest BCUT2D eigenvalue weighted by molar-refractivity contribution is 0.102. The molecule has 0 saturated carbocycles. The standard InChI is InChI=1S/C29H30N8O/c1-20-15-36(18-32-20)25-12-21(16-35-10-4-5-22(30)17-35)11-23(13-25)34-29(38)27-14-24(8-9-31-27)37-19-33-26-6-2-3-7-28(26)37/h2-3,6-9,11-15,18-19,22H,4-5,10,16-17,30H2,1H3,(H,34,38)/t22-/m0/s1. The van der Waals surface area contributed by atoms with E-state index in [-0.39, 0.29) is 11.9 Å². The van der Waals surface area contributed by atoms with Crippen molar-refractivity contribution in [2.75, 3.05) is 18.4 Å². The second kappa shape index (κ2) is 10.2. The topological polar surface area (TPSA) is 107 Å². The fourth-order valence-corrected chi connectivity index (χ4v) is 5.10. The zero-order chi connectivity index (χ0) is 26.1. The molecule has 1 aliphatic rings. The zero-order valence-electron chi connectivity index (χ0n) is 21.3. The number of aromatic nitrogens is 5. The highest BCUT2D eigenvalue weighted by Crippen LogP contribution is 2.23. The van der Waals surface area contributed by atoms with Crippen molar-refractivity contribution in [2.24, 2.45) is 5.73 Å². The van der Waals surface area contributed by atoms with E-state index in [0.29, 0.717) is 11.4 Å². The number of hydrogen-bond donors (Lipinski definition) is 2. The van der Waals surface area contributed by atoms with Gasteiger partial charge >= 0.3 is 0 Å². The summed E-state index contributed by atoms with van der Waals surface area (Å²) in [6, 6.07) is 17.9. The van der Waals surface area contributed by atoms with Gasteiger partial charge in [0.25, 0.3) is 5.91 Å². The number of anilines is 1. The van der Waals surface area contributed by atoms with E-state index in [2.05, 4.69) is 31.2 Å². The van der Waals surface area contributed by atoms with E-state index in [1.165, 1.54) is 0 Å². The average molecular weight is 507 g/mol. The van der Waals surface area contributed by atoms with Crippen LogP contribution >= 0.6 is 0 Å². The maximum absolute atomic E-state index is 13.4. The summed E-state index contributed by atoms with van der Waals surface area (Å²) in [5.41, 5.74) is 12.9. The van der Waals surface area contributed by atoms with E-state index in [0.717, 1.165) is 66.1 Å². The third kappa shape index (κ3) is 5.06. The Morgan fingerprint density at radius 2 is 1.95 bits per heavy atom. The number of fused-ring (bicyclic) bond motifs is 1. The first-order chi connectivity index (χ1) is 18.5. The molecular weight excluding hydrogens is 476 g/mol. The van der Waals surface area contributed by atoms with Gasteiger partial charge in [-0.3, -0.25) is 19.2 Å². The highest BCUT2D eigenvalue weighted by atomic mass is 16.1. The number of amides is 1. The van der Waals surface area contributed by atoms with Crippen molar-refractivity contribution >= 4 is 22.6 Å². The maximum atomic E-state index is 13.4. The highest BCUT2D eigenvalue weighted by molar-refractivity contribution is 6.03. The maximum Gasteiger partial charge on any atom is 0.274 e. The lowest BCUT2D eigenvalue weighted by atomic mass is 10.1. The number of rotatable bonds is 6. The van der Waals surface area contributed by atoms with E-state index >= 15 is 0 Å². The van der Waals surface area contributed by atoms with Crippen LogP contribution in [0, 0.1) is 6.92 Å². The lowest BCUT2D eigenvalue weighted by Crippen LogP contribution is -2.42. The number of benzene rings is 2. The van der Waals surface area contributed by atoms with Gasteiger partial charge in [-0.05, 0) is 74.3 Å². The monoisotopic (exact) mass is 506 g/mol. The van der Waals surface area contributed by atoms with Crippen molar-refractivity contribution < 1.29 is 4.79 Å². The predicted octanol–water partition coefficient (Wildman–Crippen LogP) is 4.09. The number of imidazole rings is 2. The number of nitrogens with zero attached hydrogens (tertiary/aromatic N) is 6. The Hall–Kier alpha value is -4.34. The molecule has 1 amide bonds. The van der Waals surface area contributed by atoms with Crippen molar-refractivity contribution in [3.8, 4) is 11.4 Å². The number of hydrogen-bond acceptors (Lipinski definition) is 6. The summed E-state index contributed by atoms with van der Waals surface area (Å²) in [6.45, 7) is 4.61. The number of para-hydroxylation sites is 2. The molecule has 0 aliphatic carbocycles. The third-order valence-corrected chi connectivity index (χ3v) is 6.90.